The van der Waals surface area contributed by atoms with Crippen LogP contribution in [0.15, 0.2) is 54.6 Å². The second kappa shape index (κ2) is 7.52. The summed E-state index contributed by atoms with van der Waals surface area (Å²) in [5.41, 5.74) is 1.34. The van der Waals surface area contributed by atoms with E-state index in [2.05, 4.69) is 39.8 Å². The third-order valence-corrected chi connectivity index (χ3v) is 5.59. The summed E-state index contributed by atoms with van der Waals surface area (Å²) < 4.78 is 11.8. The van der Waals surface area contributed by atoms with Crippen molar-refractivity contribution >= 4 is 34.0 Å². The molecule has 0 radical (unpaired) electrons. The Morgan fingerprint density at radius 3 is 2.26 bits per heavy atom. The third-order valence-electron chi connectivity index (χ3n) is 2.46. The molecule has 2 aromatic rings. The van der Waals surface area contributed by atoms with Crippen molar-refractivity contribution in [3.63, 3.8) is 0 Å². The molecule has 0 aliphatic rings. The molecule has 0 saturated heterocycles. The average molecular weight is 384 g/mol. The Kier molecular flexibility index (Phi) is 5.68. The number of methoxy groups -OCH3 is 1. The summed E-state index contributed by atoms with van der Waals surface area (Å²) in [7, 11) is 1.66. The molecule has 0 fully saturated rings. The fraction of sp³-hybridized carbons (Fsp3) is 0.133. The molecule has 0 aromatic heterocycles. The number of hydrogen-bond acceptors (Lipinski definition) is 2. The number of benzene rings is 2. The molecular weight excluding hydrogens is 370 g/mol. The van der Waals surface area contributed by atoms with Gasteiger partial charge in [-0.2, -0.15) is 0 Å². The van der Waals surface area contributed by atoms with Gasteiger partial charge in [-0.1, -0.05) is 0 Å². The standard InChI is InChI=1S/C15H14O2Se2/c1-16-13-7-9-14(10-8-13)17-15(18)19-11-12-5-3-2-4-6-12/h2-10H,11H2,1H3. The number of ether oxygens (including phenoxy) is 2. The molecule has 19 heavy (non-hydrogen) atoms. The van der Waals surface area contributed by atoms with Crippen molar-refractivity contribution in [2.75, 3.05) is 7.11 Å². The summed E-state index contributed by atoms with van der Waals surface area (Å²) in [5, 5.41) is 1.03. The summed E-state index contributed by atoms with van der Waals surface area (Å²) in [6.07, 6.45) is 0. The van der Waals surface area contributed by atoms with Gasteiger partial charge in [-0.25, -0.2) is 0 Å². The van der Waals surface area contributed by atoms with Gasteiger partial charge in [0, 0.05) is 0 Å². The molecule has 0 aliphatic heterocycles. The molecule has 0 heterocycles. The van der Waals surface area contributed by atoms with Gasteiger partial charge < -0.3 is 0 Å². The van der Waals surface area contributed by atoms with E-state index in [-0.39, 0.29) is 0 Å². The third kappa shape index (κ3) is 4.85. The Morgan fingerprint density at radius 2 is 1.63 bits per heavy atom. The van der Waals surface area contributed by atoms with Crippen molar-refractivity contribution in [2.45, 2.75) is 5.32 Å². The van der Waals surface area contributed by atoms with E-state index >= 15 is 0 Å². The van der Waals surface area contributed by atoms with Gasteiger partial charge >= 0.3 is 128 Å². The van der Waals surface area contributed by atoms with Crippen LogP contribution in [0.25, 0.3) is 0 Å². The van der Waals surface area contributed by atoms with Crippen LogP contribution in [0, 0.1) is 0 Å². The van der Waals surface area contributed by atoms with Crippen molar-refractivity contribution in [2.24, 2.45) is 0 Å². The van der Waals surface area contributed by atoms with E-state index in [1.807, 2.05) is 30.3 Å². The van der Waals surface area contributed by atoms with E-state index in [1.165, 1.54) is 5.56 Å². The molecule has 0 N–H and O–H groups in total. The van der Waals surface area contributed by atoms with Gasteiger partial charge in [0.2, 0.25) is 0 Å². The normalized spacial score (nSPS) is 9.95. The summed E-state index contributed by atoms with van der Waals surface area (Å²) >= 11 is 3.31. The van der Waals surface area contributed by atoms with Gasteiger partial charge in [-0.05, 0) is 0 Å². The number of hydrogen-bond donors (Lipinski definition) is 0. The van der Waals surface area contributed by atoms with E-state index < -0.39 is 0 Å². The van der Waals surface area contributed by atoms with Crippen LogP contribution in [-0.2, 0) is 5.32 Å². The van der Waals surface area contributed by atoms with Gasteiger partial charge in [-0.3, -0.25) is 0 Å². The molecule has 4 heteroatoms. The summed E-state index contributed by atoms with van der Waals surface area (Å²) in [6.45, 7) is 0. The van der Waals surface area contributed by atoms with Crippen LogP contribution in [0.1, 0.15) is 5.56 Å². The summed E-state index contributed by atoms with van der Waals surface area (Å²) in [4.78, 5) is 0. The van der Waals surface area contributed by atoms with E-state index in [9.17, 15) is 0 Å². The first-order valence-electron chi connectivity index (χ1n) is 5.80. The average Bonchev–Trinajstić information content (AvgIpc) is 2.47. The fourth-order valence-corrected chi connectivity index (χ4v) is 3.66. The molecule has 0 saturated carbocycles. The minimum absolute atomic E-state index is 0.293. The van der Waals surface area contributed by atoms with Crippen molar-refractivity contribution in [1.29, 1.82) is 0 Å². The van der Waals surface area contributed by atoms with Crippen LogP contribution < -0.4 is 9.47 Å². The van der Waals surface area contributed by atoms with Gasteiger partial charge in [0.15, 0.2) is 0 Å². The zero-order valence-corrected chi connectivity index (χ0v) is 14.0. The maximum absolute atomic E-state index is 5.77. The van der Waals surface area contributed by atoms with Gasteiger partial charge in [-0.15, -0.1) is 0 Å². The molecule has 2 nitrogen and oxygen atoms in total. The Labute approximate surface area is 127 Å². The molecule has 2 rings (SSSR count). The topological polar surface area (TPSA) is 18.5 Å². The van der Waals surface area contributed by atoms with Crippen LogP contribution in [0.3, 0.4) is 0 Å². The van der Waals surface area contributed by atoms with Crippen LogP contribution in [0.2, 0.25) is 0 Å². The van der Waals surface area contributed by atoms with Crippen LogP contribution in [-0.4, -0.2) is 41.1 Å². The first-order valence-corrected chi connectivity index (χ1v) is 8.73. The molecule has 0 amide bonds. The van der Waals surface area contributed by atoms with Crippen molar-refractivity contribution in [3.05, 3.63) is 60.2 Å². The van der Waals surface area contributed by atoms with E-state index in [0.717, 1.165) is 20.3 Å². The molecule has 0 aliphatic carbocycles. The second-order valence-electron chi connectivity index (χ2n) is 3.80. The molecular formula is C15H14O2Se2. The van der Waals surface area contributed by atoms with Gasteiger partial charge in [0.25, 0.3) is 0 Å². The first kappa shape index (κ1) is 14.4. The Bertz CT molecular complexity index is 524. The van der Waals surface area contributed by atoms with Gasteiger partial charge in [0.1, 0.15) is 0 Å². The Morgan fingerprint density at radius 1 is 1.00 bits per heavy atom. The summed E-state index contributed by atoms with van der Waals surface area (Å²) in [5.74, 6) is 1.67. The van der Waals surface area contributed by atoms with Gasteiger partial charge in [0.05, 0.1) is 0 Å². The zero-order valence-electron chi connectivity index (χ0n) is 10.5. The van der Waals surface area contributed by atoms with Crippen LogP contribution >= 0.6 is 0 Å². The van der Waals surface area contributed by atoms with E-state index in [4.69, 9.17) is 9.47 Å². The zero-order chi connectivity index (χ0) is 13.5. The first-order chi connectivity index (χ1) is 9.28. The Balaban J connectivity index is 1.83. The predicted molar refractivity (Wildman–Crippen MR) is 80.3 cm³/mol. The Hall–Kier alpha value is -1.05. The molecule has 0 bridgehead atoms. The minimum atomic E-state index is 0.293. The van der Waals surface area contributed by atoms with Crippen LogP contribution in [0.4, 0.5) is 0 Å². The molecule has 0 atom stereocenters. The summed E-state index contributed by atoms with van der Waals surface area (Å²) in [6, 6.07) is 18.1. The van der Waals surface area contributed by atoms with Crippen molar-refractivity contribution in [1.82, 2.24) is 0 Å². The van der Waals surface area contributed by atoms with Crippen molar-refractivity contribution < 1.29 is 9.47 Å². The monoisotopic (exact) mass is 386 g/mol. The van der Waals surface area contributed by atoms with E-state index in [1.54, 1.807) is 7.11 Å². The van der Waals surface area contributed by atoms with Crippen LogP contribution in [0.5, 0.6) is 11.5 Å². The van der Waals surface area contributed by atoms with Crippen molar-refractivity contribution in [3.8, 4) is 11.5 Å². The SMILES string of the molecule is COc1ccc(OC(=[Se])[Se]Cc2ccccc2)cc1. The predicted octanol–water partition coefficient (Wildman–Crippen LogP) is 2.23. The fourth-order valence-electron chi connectivity index (χ4n) is 1.49. The molecule has 0 unspecified atom stereocenters. The quantitative estimate of drug-likeness (QED) is 0.712. The van der Waals surface area contributed by atoms with E-state index in [0.29, 0.717) is 15.0 Å². The molecule has 0 spiro atoms. The second-order valence-corrected chi connectivity index (χ2v) is 7.88. The molecule has 98 valence electrons. The maximum atomic E-state index is 5.77. The molecule has 2 aromatic carbocycles. The number of rotatable bonds is 6.